The molecule has 35 heavy (non-hydrogen) atoms. The Morgan fingerprint density at radius 3 is 2.20 bits per heavy atom. The molecule has 0 bridgehead atoms. The number of allylic oxidation sites excluding steroid dienone is 3. The highest BCUT2D eigenvalue weighted by atomic mass is 16.5. The molecule has 0 spiro atoms. The summed E-state index contributed by atoms with van der Waals surface area (Å²) in [6.45, 7) is 5.75. The number of benzene rings is 1. The second-order valence-corrected chi connectivity index (χ2v) is 8.63. The van der Waals surface area contributed by atoms with Crippen molar-refractivity contribution >= 4 is 17.7 Å². The van der Waals surface area contributed by atoms with Gasteiger partial charge in [-0.25, -0.2) is 4.79 Å². The van der Waals surface area contributed by atoms with Gasteiger partial charge in [0.1, 0.15) is 5.92 Å². The largest absolute Gasteiger partial charge is 0.493 e. The lowest BCUT2D eigenvalue weighted by Gasteiger charge is -2.38. The third-order valence-corrected chi connectivity index (χ3v) is 6.42. The third-order valence-electron chi connectivity index (χ3n) is 6.42. The summed E-state index contributed by atoms with van der Waals surface area (Å²) in [5, 5.41) is 3.24. The first-order valence-corrected chi connectivity index (χ1v) is 11.5. The number of hydrogen-bond acceptors (Lipinski definition) is 9. The van der Waals surface area contributed by atoms with Gasteiger partial charge in [0.05, 0.1) is 40.6 Å². The first kappa shape index (κ1) is 26.1. The number of ether oxygens (including phenoxy) is 5. The van der Waals surface area contributed by atoms with E-state index in [1.54, 1.807) is 19.1 Å². The third kappa shape index (κ3) is 4.72. The molecule has 1 aromatic carbocycles. The van der Waals surface area contributed by atoms with Gasteiger partial charge in [-0.15, -0.1) is 0 Å². The first-order valence-electron chi connectivity index (χ1n) is 11.5. The lowest BCUT2D eigenvalue weighted by atomic mass is 9.69. The smallest absolute Gasteiger partial charge is 0.336 e. The van der Waals surface area contributed by atoms with E-state index in [1.165, 1.54) is 28.4 Å². The molecule has 1 aromatic rings. The summed E-state index contributed by atoms with van der Waals surface area (Å²) in [6.07, 6.45) is 1.09. The zero-order valence-electron chi connectivity index (χ0n) is 21.3. The molecular weight excluding hydrogens is 454 g/mol. The summed E-state index contributed by atoms with van der Waals surface area (Å²) in [7, 11) is 5.74. The van der Waals surface area contributed by atoms with Crippen molar-refractivity contribution in [1.29, 1.82) is 0 Å². The van der Waals surface area contributed by atoms with Crippen molar-refractivity contribution < 1.29 is 38.1 Å². The molecule has 0 saturated carbocycles. The minimum absolute atomic E-state index is 0.235. The highest BCUT2D eigenvalue weighted by Gasteiger charge is 2.47. The van der Waals surface area contributed by atoms with Crippen molar-refractivity contribution in [3.05, 3.63) is 40.2 Å². The van der Waals surface area contributed by atoms with Crippen molar-refractivity contribution in [3.8, 4) is 17.2 Å². The fourth-order valence-corrected chi connectivity index (χ4v) is 4.82. The molecule has 0 radical (unpaired) electrons. The van der Waals surface area contributed by atoms with Gasteiger partial charge in [0.2, 0.25) is 5.75 Å². The van der Waals surface area contributed by atoms with E-state index < -0.39 is 23.8 Å². The predicted octanol–water partition coefficient (Wildman–Crippen LogP) is 3.28. The number of rotatable bonds is 8. The average Bonchev–Trinajstić information content (AvgIpc) is 2.85. The van der Waals surface area contributed by atoms with Gasteiger partial charge >= 0.3 is 11.9 Å². The number of methoxy groups -OCH3 is 4. The van der Waals surface area contributed by atoms with Gasteiger partial charge in [-0.1, -0.05) is 13.8 Å². The van der Waals surface area contributed by atoms with Crippen LogP contribution in [0.2, 0.25) is 0 Å². The van der Waals surface area contributed by atoms with Crippen LogP contribution < -0.4 is 19.5 Å². The van der Waals surface area contributed by atoms with Crippen LogP contribution in [0.25, 0.3) is 0 Å². The predicted molar refractivity (Wildman–Crippen MR) is 127 cm³/mol. The van der Waals surface area contributed by atoms with Crippen molar-refractivity contribution in [2.24, 2.45) is 11.8 Å². The minimum Gasteiger partial charge on any atom is -0.493 e. The Kier molecular flexibility index (Phi) is 8.09. The Balaban J connectivity index is 2.27. The molecule has 0 unspecified atom stereocenters. The van der Waals surface area contributed by atoms with Gasteiger partial charge in [0.25, 0.3) is 0 Å². The van der Waals surface area contributed by atoms with E-state index in [0.29, 0.717) is 52.6 Å². The van der Waals surface area contributed by atoms with Gasteiger partial charge in [0.15, 0.2) is 17.3 Å². The van der Waals surface area contributed by atoms with E-state index in [0.717, 1.165) is 0 Å². The molecule has 1 heterocycles. The number of dihydropyridines is 1. The van der Waals surface area contributed by atoms with E-state index >= 15 is 0 Å². The molecule has 9 heteroatoms. The van der Waals surface area contributed by atoms with Crippen LogP contribution in [0.5, 0.6) is 17.2 Å². The summed E-state index contributed by atoms with van der Waals surface area (Å²) < 4.78 is 26.9. The van der Waals surface area contributed by atoms with Gasteiger partial charge in [0, 0.05) is 22.9 Å². The molecule has 190 valence electrons. The van der Waals surface area contributed by atoms with Crippen LogP contribution in [0, 0.1) is 11.8 Å². The lowest BCUT2D eigenvalue weighted by Crippen LogP contribution is -2.43. The quantitative estimate of drug-likeness (QED) is 0.436. The number of esters is 2. The molecule has 3 atom stereocenters. The number of carbonyl (C=O) groups excluding carboxylic acids is 3. The van der Waals surface area contributed by atoms with Gasteiger partial charge in [-0.2, -0.15) is 0 Å². The highest BCUT2D eigenvalue weighted by Crippen LogP contribution is 2.48. The molecule has 1 aliphatic heterocycles. The summed E-state index contributed by atoms with van der Waals surface area (Å²) in [5.74, 6) is -2.44. The molecule has 1 aliphatic carbocycles. The van der Waals surface area contributed by atoms with Gasteiger partial charge in [-0.3, -0.25) is 9.59 Å². The topological polar surface area (TPSA) is 109 Å². The second-order valence-electron chi connectivity index (χ2n) is 8.63. The van der Waals surface area contributed by atoms with Crippen molar-refractivity contribution in [3.63, 3.8) is 0 Å². The highest BCUT2D eigenvalue weighted by molar-refractivity contribution is 6.12. The summed E-state index contributed by atoms with van der Waals surface area (Å²) in [5.41, 5.74) is 2.45. The molecule has 0 saturated heterocycles. The normalized spacial score (nSPS) is 21.7. The Morgan fingerprint density at radius 1 is 1.06 bits per heavy atom. The minimum atomic E-state index is -0.976. The SMILES string of the molecule is CCCOC(=O)C1=C(C)NC2=C(C(=O)[C@H](C(=O)OC)[C@@H](C)C2)[C@H]1c1cc(OC)c(OC)c(OC)c1. The Morgan fingerprint density at radius 2 is 1.69 bits per heavy atom. The van der Waals surface area contributed by atoms with E-state index in [9.17, 15) is 14.4 Å². The van der Waals surface area contributed by atoms with Crippen LogP contribution in [-0.2, 0) is 23.9 Å². The van der Waals surface area contributed by atoms with Crippen LogP contribution in [0.3, 0.4) is 0 Å². The number of nitrogens with one attached hydrogen (secondary N) is 1. The number of hydrogen-bond donors (Lipinski definition) is 1. The molecule has 1 N–H and O–H groups in total. The molecular formula is C26H33NO8. The second kappa shape index (κ2) is 10.8. The zero-order valence-corrected chi connectivity index (χ0v) is 21.3. The van der Waals surface area contributed by atoms with E-state index in [4.69, 9.17) is 23.7 Å². The molecule has 3 rings (SSSR count). The maximum absolute atomic E-state index is 13.8. The zero-order chi connectivity index (χ0) is 25.9. The maximum atomic E-state index is 13.8. The monoisotopic (exact) mass is 487 g/mol. The van der Waals surface area contributed by atoms with Crippen LogP contribution in [0.4, 0.5) is 0 Å². The summed E-state index contributed by atoms with van der Waals surface area (Å²) in [4.78, 5) is 39.6. The van der Waals surface area contributed by atoms with E-state index in [-0.39, 0.29) is 23.9 Å². The Hall–Kier alpha value is -3.49. The van der Waals surface area contributed by atoms with Crippen LogP contribution in [-0.4, -0.2) is 52.8 Å². The average molecular weight is 488 g/mol. The number of ketones is 1. The van der Waals surface area contributed by atoms with Gasteiger partial charge < -0.3 is 29.0 Å². The standard InChI is InChI=1S/C26H33NO8/c1-8-9-35-26(30)20-14(3)27-16-10-13(2)19(25(29)34-7)23(28)22(16)21(20)15-11-17(31-4)24(33-6)18(12-15)32-5/h11-13,19,21,27H,8-10H2,1-7H3/t13-,19+,21-/m0/s1. The fourth-order valence-electron chi connectivity index (χ4n) is 4.82. The summed E-state index contributed by atoms with van der Waals surface area (Å²) in [6, 6.07) is 3.42. The van der Waals surface area contributed by atoms with Gasteiger partial charge in [-0.05, 0) is 43.4 Å². The molecule has 0 aromatic heterocycles. The molecule has 0 fully saturated rings. The lowest BCUT2D eigenvalue weighted by molar-refractivity contribution is -0.151. The Bertz CT molecular complexity index is 1060. The number of carbonyl (C=O) groups is 3. The maximum Gasteiger partial charge on any atom is 0.336 e. The van der Waals surface area contributed by atoms with Crippen molar-refractivity contribution in [1.82, 2.24) is 5.32 Å². The summed E-state index contributed by atoms with van der Waals surface area (Å²) >= 11 is 0. The van der Waals surface area contributed by atoms with E-state index in [1.807, 2.05) is 13.8 Å². The van der Waals surface area contributed by atoms with Crippen molar-refractivity contribution in [2.45, 2.75) is 39.5 Å². The number of Topliss-reactive ketones (excluding diaryl/α,β-unsaturated/α-hetero) is 1. The first-order chi connectivity index (χ1) is 16.7. The Labute approximate surface area is 205 Å². The molecule has 9 nitrogen and oxygen atoms in total. The molecule has 0 amide bonds. The van der Waals surface area contributed by atoms with Crippen LogP contribution in [0.1, 0.15) is 45.1 Å². The van der Waals surface area contributed by atoms with Crippen LogP contribution >= 0.6 is 0 Å². The van der Waals surface area contributed by atoms with E-state index in [2.05, 4.69) is 5.32 Å². The van der Waals surface area contributed by atoms with Crippen LogP contribution in [0.15, 0.2) is 34.7 Å². The van der Waals surface area contributed by atoms with Crippen molar-refractivity contribution in [2.75, 3.05) is 35.0 Å². The fraction of sp³-hybridized carbons (Fsp3) is 0.500. The molecule has 2 aliphatic rings.